The molecule has 0 spiro atoms. The lowest BCUT2D eigenvalue weighted by molar-refractivity contribution is -0.583. The van der Waals surface area contributed by atoms with Gasteiger partial charge in [0, 0.05) is 18.7 Å². The van der Waals surface area contributed by atoms with Gasteiger partial charge in [-0.2, -0.15) is 4.57 Å². The number of amides is 1. The van der Waals surface area contributed by atoms with Crippen LogP contribution in [0.3, 0.4) is 0 Å². The van der Waals surface area contributed by atoms with Crippen molar-refractivity contribution in [2.45, 2.75) is 19.4 Å². The standard InChI is InChI=1S/C24H22N2O2/c1-18(19-8-4-2-5-9-19)26-17-14-22(27)23(24(26)28)25-15-12-21(13-16-25)20-10-6-3-7-11-20/h2-13,15-16,18H,14,17H2,1H3/t18-/m0/s1. The Bertz CT molecular complexity index is 996. The highest BCUT2D eigenvalue weighted by Crippen LogP contribution is 2.26. The van der Waals surface area contributed by atoms with Crippen LogP contribution in [0, 0.1) is 0 Å². The normalized spacial score (nSPS) is 15.6. The van der Waals surface area contributed by atoms with Gasteiger partial charge in [-0.05, 0) is 35.8 Å². The molecule has 4 rings (SSSR count). The molecule has 0 N–H and O–H groups in total. The fraction of sp³-hybridized carbons (Fsp3) is 0.167. The molecular weight excluding hydrogens is 348 g/mol. The number of hydrogen-bond donors (Lipinski definition) is 0. The number of rotatable bonds is 4. The molecule has 1 amide bonds. The Labute approximate surface area is 165 Å². The molecule has 0 bridgehead atoms. The summed E-state index contributed by atoms with van der Waals surface area (Å²) in [7, 11) is 0. The smallest absolute Gasteiger partial charge is 0.318 e. The van der Waals surface area contributed by atoms with Crippen LogP contribution < -0.4 is 9.67 Å². The second-order valence-corrected chi connectivity index (χ2v) is 6.97. The van der Waals surface area contributed by atoms with Gasteiger partial charge in [0.1, 0.15) is 0 Å². The van der Waals surface area contributed by atoms with E-state index in [1.165, 1.54) is 0 Å². The van der Waals surface area contributed by atoms with Crippen molar-refractivity contribution in [3.8, 4) is 11.1 Å². The zero-order chi connectivity index (χ0) is 19.5. The van der Waals surface area contributed by atoms with Crippen molar-refractivity contribution < 1.29 is 14.5 Å². The predicted octanol–water partition coefficient (Wildman–Crippen LogP) is 3.16. The third-order valence-electron chi connectivity index (χ3n) is 5.25. The van der Waals surface area contributed by atoms with E-state index in [-0.39, 0.29) is 23.4 Å². The van der Waals surface area contributed by atoms with E-state index >= 15 is 0 Å². The van der Waals surface area contributed by atoms with E-state index in [1.54, 1.807) is 21.9 Å². The van der Waals surface area contributed by atoms with Gasteiger partial charge in [-0.25, -0.2) is 0 Å². The summed E-state index contributed by atoms with van der Waals surface area (Å²) in [4.78, 5) is 14.9. The Morgan fingerprint density at radius 1 is 0.893 bits per heavy atom. The van der Waals surface area contributed by atoms with Crippen molar-refractivity contribution in [2.75, 3.05) is 6.54 Å². The van der Waals surface area contributed by atoms with Gasteiger partial charge in [-0.3, -0.25) is 4.79 Å². The van der Waals surface area contributed by atoms with Crippen LogP contribution in [-0.2, 0) is 4.79 Å². The molecule has 0 unspecified atom stereocenters. The predicted molar refractivity (Wildman–Crippen MR) is 106 cm³/mol. The summed E-state index contributed by atoms with van der Waals surface area (Å²) in [5.74, 6) is -0.330. The molecule has 0 saturated heterocycles. The molecule has 1 aromatic heterocycles. The first-order valence-electron chi connectivity index (χ1n) is 9.48. The maximum absolute atomic E-state index is 13.2. The summed E-state index contributed by atoms with van der Waals surface area (Å²) >= 11 is 0. The molecule has 1 atom stereocenters. The van der Waals surface area contributed by atoms with Crippen LogP contribution >= 0.6 is 0 Å². The first-order chi connectivity index (χ1) is 13.6. The fourth-order valence-corrected chi connectivity index (χ4v) is 3.63. The maximum Gasteiger partial charge on any atom is 0.318 e. The summed E-state index contributed by atoms with van der Waals surface area (Å²) in [6.45, 7) is 2.45. The number of carbonyl (C=O) groups excluding carboxylic acids is 1. The SMILES string of the molecule is C[C@@H](c1ccccc1)N1CCC([O-])=C([n+]2ccc(-c3ccccc3)cc2)C1=O. The summed E-state index contributed by atoms with van der Waals surface area (Å²) in [5, 5.41) is 12.6. The van der Waals surface area contributed by atoms with Crippen LogP contribution in [-0.4, -0.2) is 17.4 Å². The van der Waals surface area contributed by atoms with Crippen molar-refractivity contribution in [1.29, 1.82) is 0 Å². The molecule has 3 aromatic rings. The molecule has 4 heteroatoms. The lowest BCUT2D eigenvalue weighted by Crippen LogP contribution is -2.49. The molecule has 0 radical (unpaired) electrons. The molecule has 0 aliphatic carbocycles. The quantitative estimate of drug-likeness (QED) is 0.663. The lowest BCUT2D eigenvalue weighted by Gasteiger charge is -2.34. The van der Waals surface area contributed by atoms with E-state index in [1.807, 2.05) is 79.7 Å². The van der Waals surface area contributed by atoms with E-state index in [2.05, 4.69) is 0 Å². The van der Waals surface area contributed by atoms with E-state index < -0.39 is 0 Å². The lowest BCUT2D eigenvalue weighted by atomic mass is 10.0. The zero-order valence-electron chi connectivity index (χ0n) is 15.8. The Balaban J connectivity index is 1.62. The van der Waals surface area contributed by atoms with Gasteiger partial charge >= 0.3 is 5.91 Å². The average molecular weight is 370 g/mol. The highest BCUT2D eigenvalue weighted by molar-refractivity contribution is 6.11. The molecular formula is C24H22N2O2. The number of aromatic nitrogens is 1. The van der Waals surface area contributed by atoms with E-state index in [4.69, 9.17) is 0 Å². The van der Waals surface area contributed by atoms with Crippen LogP contribution in [0.5, 0.6) is 0 Å². The molecule has 140 valence electrons. The summed E-state index contributed by atoms with van der Waals surface area (Å²) in [6.07, 6.45) is 3.93. The molecule has 0 fully saturated rings. The third kappa shape index (κ3) is 3.41. The number of hydrogen-bond acceptors (Lipinski definition) is 2. The van der Waals surface area contributed by atoms with E-state index in [0.717, 1.165) is 16.7 Å². The second kappa shape index (κ2) is 7.69. The number of benzene rings is 2. The fourth-order valence-electron chi connectivity index (χ4n) is 3.63. The van der Waals surface area contributed by atoms with Gasteiger partial charge in [0.2, 0.25) is 0 Å². The zero-order valence-corrected chi connectivity index (χ0v) is 15.8. The van der Waals surface area contributed by atoms with Crippen LogP contribution in [0.15, 0.2) is 90.9 Å². The van der Waals surface area contributed by atoms with Crippen molar-refractivity contribution in [2.24, 2.45) is 0 Å². The molecule has 4 nitrogen and oxygen atoms in total. The van der Waals surface area contributed by atoms with Crippen LogP contribution in [0.1, 0.15) is 24.9 Å². The van der Waals surface area contributed by atoms with Crippen LogP contribution in [0.4, 0.5) is 0 Å². The largest absolute Gasteiger partial charge is 0.871 e. The Morgan fingerprint density at radius 2 is 1.46 bits per heavy atom. The number of pyridine rings is 1. The van der Waals surface area contributed by atoms with Gasteiger partial charge in [-0.1, -0.05) is 60.7 Å². The Kier molecular flexibility index (Phi) is 4.94. The van der Waals surface area contributed by atoms with E-state index in [9.17, 15) is 9.90 Å². The molecule has 2 heterocycles. The molecule has 1 aliphatic rings. The monoisotopic (exact) mass is 370 g/mol. The minimum absolute atomic E-state index is 0.0824. The number of carbonyl (C=O) groups is 1. The van der Waals surface area contributed by atoms with E-state index in [0.29, 0.717) is 13.0 Å². The van der Waals surface area contributed by atoms with Gasteiger partial charge in [0.25, 0.3) is 5.70 Å². The van der Waals surface area contributed by atoms with Crippen molar-refractivity contribution in [1.82, 2.24) is 4.90 Å². The van der Waals surface area contributed by atoms with Crippen molar-refractivity contribution >= 4 is 11.6 Å². The minimum atomic E-state index is -0.218. The summed E-state index contributed by atoms with van der Waals surface area (Å²) < 4.78 is 1.65. The molecule has 1 aliphatic heterocycles. The molecule has 0 saturated carbocycles. The summed E-state index contributed by atoms with van der Waals surface area (Å²) in [6, 6.07) is 23.7. The number of nitrogens with zero attached hydrogens (tertiary/aromatic N) is 2. The highest BCUT2D eigenvalue weighted by Gasteiger charge is 2.33. The second-order valence-electron chi connectivity index (χ2n) is 6.97. The minimum Gasteiger partial charge on any atom is -0.871 e. The topological polar surface area (TPSA) is 47.2 Å². The van der Waals surface area contributed by atoms with Gasteiger partial charge < -0.3 is 10.0 Å². The van der Waals surface area contributed by atoms with Gasteiger partial charge in [0.15, 0.2) is 12.4 Å². The Morgan fingerprint density at radius 3 is 2.11 bits per heavy atom. The van der Waals surface area contributed by atoms with Gasteiger partial charge in [0.05, 0.1) is 6.04 Å². The van der Waals surface area contributed by atoms with Crippen molar-refractivity contribution in [3.05, 3.63) is 96.5 Å². The summed E-state index contributed by atoms with van der Waals surface area (Å²) in [5.41, 5.74) is 3.42. The van der Waals surface area contributed by atoms with Crippen LogP contribution in [0.2, 0.25) is 0 Å². The van der Waals surface area contributed by atoms with Crippen LogP contribution in [0.25, 0.3) is 16.8 Å². The van der Waals surface area contributed by atoms with Gasteiger partial charge in [-0.15, -0.1) is 0 Å². The third-order valence-corrected chi connectivity index (χ3v) is 5.25. The van der Waals surface area contributed by atoms with Crippen molar-refractivity contribution in [3.63, 3.8) is 0 Å². The average Bonchev–Trinajstić information content (AvgIpc) is 2.75. The first-order valence-corrected chi connectivity index (χ1v) is 9.48. The maximum atomic E-state index is 13.2. The molecule has 2 aromatic carbocycles. The highest BCUT2D eigenvalue weighted by atomic mass is 16.3. The molecule has 28 heavy (non-hydrogen) atoms. The Hall–Kier alpha value is -3.40. The first kappa shape index (κ1) is 18.0.